The van der Waals surface area contributed by atoms with Crippen molar-refractivity contribution in [1.29, 1.82) is 0 Å². The molecule has 3 heteroatoms. The molecule has 2 N–H and O–H groups in total. The minimum absolute atomic E-state index is 0.141. The van der Waals surface area contributed by atoms with Crippen LogP contribution in [-0.2, 0) is 21.4 Å². The number of ether oxygens (including phenoxy) is 1. The van der Waals surface area contributed by atoms with Crippen LogP contribution in [0, 0.1) is 11.3 Å². The highest BCUT2D eigenvalue weighted by Crippen LogP contribution is 2.48. The molecule has 21 heavy (non-hydrogen) atoms. The van der Waals surface area contributed by atoms with Crippen molar-refractivity contribution in [2.45, 2.75) is 45.4 Å². The summed E-state index contributed by atoms with van der Waals surface area (Å²) in [7, 11) is 1.46. The molecule has 1 aliphatic carbocycles. The summed E-state index contributed by atoms with van der Waals surface area (Å²) < 4.78 is 5.04. The van der Waals surface area contributed by atoms with Crippen molar-refractivity contribution in [2.24, 2.45) is 17.1 Å². The normalized spacial score (nSPS) is 18.1. The van der Waals surface area contributed by atoms with Gasteiger partial charge in [0.15, 0.2) is 0 Å². The number of benzene rings is 1. The second-order valence-corrected chi connectivity index (χ2v) is 7.25. The zero-order valence-electron chi connectivity index (χ0n) is 13.6. The van der Waals surface area contributed by atoms with E-state index in [0.717, 1.165) is 18.4 Å². The number of methoxy groups -OCH3 is 1. The molecule has 0 heterocycles. The van der Waals surface area contributed by atoms with E-state index >= 15 is 0 Å². The summed E-state index contributed by atoms with van der Waals surface area (Å²) in [6.07, 6.45) is 2.82. The number of carbonyl (C=O) groups is 1. The van der Waals surface area contributed by atoms with Crippen LogP contribution in [0.15, 0.2) is 24.3 Å². The molecular weight excluding hydrogens is 262 g/mol. The highest BCUT2D eigenvalue weighted by Gasteiger charge is 2.50. The van der Waals surface area contributed by atoms with Crippen molar-refractivity contribution in [3.63, 3.8) is 0 Å². The van der Waals surface area contributed by atoms with Gasteiger partial charge in [-0.3, -0.25) is 4.79 Å². The number of nitrogens with two attached hydrogens (primary N) is 1. The molecule has 0 bridgehead atoms. The molecule has 1 aromatic carbocycles. The Bertz CT molecular complexity index is 497. The van der Waals surface area contributed by atoms with Gasteiger partial charge in [0, 0.05) is 6.54 Å². The lowest BCUT2D eigenvalue weighted by atomic mass is 9.76. The molecule has 0 amide bonds. The summed E-state index contributed by atoms with van der Waals surface area (Å²) in [5.41, 5.74) is 8.03. The van der Waals surface area contributed by atoms with Gasteiger partial charge in [-0.05, 0) is 41.7 Å². The van der Waals surface area contributed by atoms with Crippen molar-refractivity contribution < 1.29 is 9.53 Å². The van der Waals surface area contributed by atoms with Crippen LogP contribution in [-0.4, -0.2) is 19.6 Å². The number of hydrogen-bond acceptors (Lipinski definition) is 3. The van der Waals surface area contributed by atoms with Crippen LogP contribution >= 0.6 is 0 Å². The second-order valence-electron chi connectivity index (χ2n) is 7.25. The highest BCUT2D eigenvalue weighted by atomic mass is 16.5. The van der Waals surface area contributed by atoms with Gasteiger partial charge in [-0.1, -0.05) is 45.0 Å². The van der Waals surface area contributed by atoms with Gasteiger partial charge in [0.25, 0.3) is 0 Å². The van der Waals surface area contributed by atoms with Crippen molar-refractivity contribution >= 4 is 5.97 Å². The van der Waals surface area contributed by atoms with Crippen LogP contribution in [0.3, 0.4) is 0 Å². The summed E-state index contributed by atoms with van der Waals surface area (Å²) >= 11 is 0. The van der Waals surface area contributed by atoms with Gasteiger partial charge in [0.2, 0.25) is 0 Å². The topological polar surface area (TPSA) is 52.3 Å². The van der Waals surface area contributed by atoms with E-state index in [9.17, 15) is 4.79 Å². The van der Waals surface area contributed by atoms with E-state index in [2.05, 4.69) is 45.0 Å². The van der Waals surface area contributed by atoms with Crippen LogP contribution in [0.5, 0.6) is 0 Å². The van der Waals surface area contributed by atoms with Crippen molar-refractivity contribution in [3.05, 3.63) is 35.4 Å². The van der Waals surface area contributed by atoms with Gasteiger partial charge in [0.05, 0.1) is 12.5 Å². The van der Waals surface area contributed by atoms with Crippen molar-refractivity contribution in [2.75, 3.05) is 13.7 Å². The quantitative estimate of drug-likeness (QED) is 0.848. The third-order valence-corrected chi connectivity index (χ3v) is 4.65. The Labute approximate surface area is 127 Å². The molecule has 1 atom stereocenters. The Kier molecular flexibility index (Phi) is 4.43. The average Bonchev–Trinajstić information content (AvgIpc) is 3.28. The highest BCUT2D eigenvalue weighted by molar-refractivity contribution is 5.78. The van der Waals surface area contributed by atoms with Crippen LogP contribution in [0.1, 0.15) is 44.7 Å². The molecule has 1 aromatic rings. The maximum absolute atomic E-state index is 12.3. The molecular formula is C18H27NO2. The first-order valence-electron chi connectivity index (χ1n) is 7.71. The number of carbonyl (C=O) groups excluding carboxylic acids is 1. The molecule has 0 radical (unpaired) electrons. The predicted molar refractivity (Wildman–Crippen MR) is 85.1 cm³/mol. The molecule has 116 valence electrons. The van der Waals surface area contributed by atoms with Crippen molar-refractivity contribution in [3.8, 4) is 0 Å². The van der Waals surface area contributed by atoms with Crippen LogP contribution in [0.25, 0.3) is 0 Å². The average molecular weight is 289 g/mol. The SMILES string of the molecule is COC(=O)C(CN)(Cc1ccc(C(C)(C)C)cc1)C1CC1. The third-order valence-electron chi connectivity index (χ3n) is 4.65. The molecule has 0 aliphatic heterocycles. The maximum atomic E-state index is 12.3. The fourth-order valence-electron chi connectivity index (χ4n) is 3.03. The number of esters is 1. The van der Waals surface area contributed by atoms with Gasteiger partial charge >= 0.3 is 5.97 Å². The second kappa shape index (κ2) is 5.80. The van der Waals surface area contributed by atoms with E-state index < -0.39 is 5.41 Å². The first kappa shape index (κ1) is 16.0. The molecule has 1 saturated carbocycles. The van der Waals surface area contributed by atoms with Gasteiger partial charge in [-0.15, -0.1) is 0 Å². The van der Waals surface area contributed by atoms with Crippen LogP contribution in [0.2, 0.25) is 0 Å². The first-order valence-corrected chi connectivity index (χ1v) is 7.71. The molecule has 1 unspecified atom stereocenters. The minimum Gasteiger partial charge on any atom is -0.469 e. The number of hydrogen-bond donors (Lipinski definition) is 1. The van der Waals surface area contributed by atoms with Gasteiger partial charge in [0.1, 0.15) is 0 Å². The Morgan fingerprint density at radius 2 is 1.81 bits per heavy atom. The number of rotatable bonds is 5. The Morgan fingerprint density at radius 1 is 1.24 bits per heavy atom. The van der Waals surface area contributed by atoms with Crippen molar-refractivity contribution in [1.82, 2.24) is 0 Å². The molecule has 2 rings (SSSR count). The molecule has 1 fully saturated rings. The zero-order chi connectivity index (χ0) is 15.7. The van der Waals surface area contributed by atoms with Gasteiger partial charge < -0.3 is 10.5 Å². The lowest BCUT2D eigenvalue weighted by Gasteiger charge is -2.30. The molecule has 0 spiro atoms. The Morgan fingerprint density at radius 3 is 2.19 bits per heavy atom. The standard InChI is InChI=1S/C18H27NO2/c1-17(2,3)14-7-5-13(6-8-14)11-18(12-19,15-9-10-15)16(20)21-4/h5-8,15H,9-12,19H2,1-4H3. The summed E-state index contributed by atoms with van der Waals surface area (Å²) in [5, 5.41) is 0. The summed E-state index contributed by atoms with van der Waals surface area (Å²) in [5.74, 6) is 0.213. The lowest BCUT2D eigenvalue weighted by molar-refractivity contribution is -0.153. The van der Waals surface area contributed by atoms with E-state index in [1.54, 1.807) is 0 Å². The minimum atomic E-state index is -0.544. The molecule has 3 nitrogen and oxygen atoms in total. The molecule has 0 saturated heterocycles. The summed E-state index contributed by atoms with van der Waals surface area (Å²) in [4.78, 5) is 12.3. The van der Waals surface area contributed by atoms with E-state index in [0.29, 0.717) is 18.9 Å². The van der Waals surface area contributed by atoms with E-state index in [1.807, 2.05) is 0 Å². The van der Waals surface area contributed by atoms with E-state index in [1.165, 1.54) is 12.7 Å². The monoisotopic (exact) mass is 289 g/mol. The largest absolute Gasteiger partial charge is 0.469 e. The van der Waals surface area contributed by atoms with Gasteiger partial charge in [-0.2, -0.15) is 0 Å². The fourth-order valence-corrected chi connectivity index (χ4v) is 3.03. The van der Waals surface area contributed by atoms with E-state index in [4.69, 9.17) is 10.5 Å². The first-order chi connectivity index (χ1) is 9.83. The molecule has 1 aliphatic rings. The summed E-state index contributed by atoms with van der Waals surface area (Å²) in [6, 6.07) is 8.55. The van der Waals surface area contributed by atoms with Crippen LogP contribution < -0.4 is 5.73 Å². The zero-order valence-corrected chi connectivity index (χ0v) is 13.6. The Balaban J connectivity index is 2.23. The maximum Gasteiger partial charge on any atom is 0.313 e. The van der Waals surface area contributed by atoms with Crippen LogP contribution in [0.4, 0.5) is 0 Å². The smallest absolute Gasteiger partial charge is 0.313 e. The summed E-state index contributed by atoms with van der Waals surface area (Å²) in [6.45, 7) is 6.95. The predicted octanol–water partition coefficient (Wildman–Crippen LogP) is 3.05. The van der Waals surface area contributed by atoms with E-state index in [-0.39, 0.29) is 11.4 Å². The third kappa shape index (κ3) is 3.29. The Hall–Kier alpha value is -1.35. The molecule has 0 aromatic heterocycles. The fraction of sp³-hybridized carbons (Fsp3) is 0.611. The lowest BCUT2D eigenvalue weighted by Crippen LogP contribution is -2.43. The van der Waals surface area contributed by atoms with Gasteiger partial charge in [-0.25, -0.2) is 0 Å².